The summed E-state index contributed by atoms with van der Waals surface area (Å²) in [5, 5.41) is 8.20. The monoisotopic (exact) mass is 285 g/mol. The molecular formula is C18H27N3. The number of nitrogens with zero attached hydrogens (tertiary/aromatic N) is 2. The van der Waals surface area contributed by atoms with Crippen LogP contribution >= 0.6 is 0 Å². The number of hydrogen-bond donors (Lipinski definition) is 1. The van der Waals surface area contributed by atoms with Gasteiger partial charge in [-0.05, 0) is 44.9 Å². The fraction of sp³-hybridized carbons (Fsp3) is 0.500. The highest BCUT2D eigenvalue weighted by molar-refractivity contribution is 5.27. The Morgan fingerprint density at radius 2 is 1.95 bits per heavy atom. The molecular weight excluding hydrogens is 258 g/mol. The van der Waals surface area contributed by atoms with Gasteiger partial charge in [-0.15, -0.1) is 0 Å². The van der Waals surface area contributed by atoms with Gasteiger partial charge in [0.05, 0.1) is 12.2 Å². The van der Waals surface area contributed by atoms with Crippen molar-refractivity contribution in [2.45, 2.75) is 53.6 Å². The molecule has 0 amide bonds. The quantitative estimate of drug-likeness (QED) is 0.881. The van der Waals surface area contributed by atoms with E-state index in [9.17, 15) is 0 Å². The van der Waals surface area contributed by atoms with Gasteiger partial charge in [0.2, 0.25) is 0 Å². The van der Waals surface area contributed by atoms with Crippen LogP contribution in [0.15, 0.2) is 24.3 Å². The average molecular weight is 285 g/mol. The average Bonchev–Trinajstić information content (AvgIpc) is 2.66. The lowest BCUT2D eigenvalue weighted by atomic mass is 10.1. The molecule has 0 saturated heterocycles. The van der Waals surface area contributed by atoms with Crippen LogP contribution in [0.3, 0.4) is 0 Å². The lowest BCUT2D eigenvalue weighted by Gasteiger charge is -2.09. The molecule has 0 atom stereocenters. The van der Waals surface area contributed by atoms with E-state index in [-0.39, 0.29) is 0 Å². The molecule has 0 radical (unpaired) electrons. The van der Waals surface area contributed by atoms with Crippen molar-refractivity contribution in [1.82, 2.24) is 15.1 Å². The summed E-state index contributed by atoms with van der Waals surface area (Å²) in [7, 11) is 0. The summed E-state index contributed by atoms with van der Waals surface area (Å²) in [6.45, 7) is 12.7. The van der Waals surface area contributed by atoms with Crippen molar-refractivity contribution in [3.8, 4) is 0 Å². The first kappa shape index (κ1) is 15.8. The Morgan fingerprint density at radius 1 is 1.19 bits per heavy atom. The van der Waals surface area contributed by atoms with E-state index in [1.807, 2.05) is 0 Å². The van der Waals surface area contributed by atoms with Crippen LogP contribution in [-0.4, -0.2) is 22.4 Å². The van der Waals surface area contributed by atoms with Gasteiger partial charge in [-0.3, -0.25) is 4.68 Å². The third kappa shape index (κ3) is 4.18. The van der Waals surface area contributed by atoms with Gasteiger partial charge in [-0.2, -0.15) is 5.10 Å². The van der Waals surface area contributed by atoms with E-state index in [2.05, 4.69) is 68.9 Å². The summed E-state index contributed by atoms with van der Waals surface area (Å²) in [6, 6.07) is 9.19. The van der Waals surface area contributed by atoms with Crippen LogP contribution < -0.4 is 5.32 Å². The van der Waals surface area contributed by atoms with E-state index in [1.165, 1.54) is 22.4 Å². The Balaban J connectivity index is 2.11. The standard InChI is InChI=1S/C18H27N3/c1-13(2)19-10-9-18-15(4)20-21(16(18)5)12-17-8-6-7-14(3)11-17/h6-8,11,13,19H,9-10,12H2,1-5H3. The highest BCUT2D eigenvalue weighted by Gasteiger charge is 2.11. The molecule has 1 aromatic carbocycles. The number of hydrogen-bond acceptors (Lipinski definition) is 2. The number of aryl methyl sites for hydroxylation is 2. The fourth-order valence-electron chi connectivity index (χ4n) is 2.72. The van der Waals surface area contributed by atoms with Crippen LogP contribution in [0.25, 0.3) is 0 Å². The van der Waals surface area contributed by atoms with Crippen molar-refractivity contribution < 1.29 is 0 Å². The number of benzene rings is 1. The molecule has 0 aliphatic rings. The second-order valence-corrected chi connectivity index (χ2v) is 6.15. The molecule has 0 aliphatic carbocycles. The Hall–Kier alpha value is -1.61. The van der Waals surface area contributed by atoms with Crippen molar-refractivity contribution in [3.63, 3.8) is 0 Å². The van der Waals surface area contributed by atoms with Crippen molar-refractivity contribution in [1.29, 1.82) is 0 Å². The molecule has 0 fully saturated rings. The summed E-state index contributed by atoms with van der Waals surface area (Å²) in [5.74, 6) is 0. The predicted molar refractivity (Wildman–Crippen MR) is 88.8 cm³/mol. The zero-order chi connectivity index (χ0) is 15.4. The molecule has 1 aromatic heterocycles. The molecule has 2 rings (SSSR count). The lowest BCUT2D eigenvalue weighted by molar-refractivity contribution is 0.588. The first-order valence-corrected chi connectivity index (χ1v) is 7.79. The van der Waals surface area contributed by atoms with E-state index < -0.39 is 0 Å². The predicted octanol–water partition coefficient (Wildman–Crippen LogP) is 3.40. The van der Waals surface area contributed by atoms with Gasteiger partial charge in [0.25, 0.3) is 0 Å². The molecule has 0 spiro atoms. The molecule has 1 heterocycles. The third-order valence-corrected chi connectivity index (χ3v) is 3.87. The maximum Gasteiger partial charge on any atom is 0.0662 e. The molecule has 1 N–H and O–H groups in total. The van der Waals surface area contributed by atoms with Crippen LogP contribution in [0.1, 0.15) is 41.9 Å². The zero-order valence-corrected chi connectivity index (χ0v) is 13.9. The van der Waals surface area contributed by atoms with E-state index in [4.69, 9.17) is 5.10 Å². The summed E-state index contributed by atoms with van der Waals surface area (Å²) >= 11 is 0. The Morgan fingerprint density at radius 3 is 2.62 bits per heavy atom. The minimum atomic E-state index is 0.535. The van der Waals surface area contributed by atoms with Gasteiger partial charge in [0.1, 0.15) is 0 Å². The minimum absolute atomic E-state index is 0.535. The first-order chi connectivity index (χ1) is 9.97. The SMILES string of the molecule is Cc1cccc(Cn2nc(C)c(CCNC(C)C)c2C)c1. The van der Waals surface area contributed by atoms with E-state index in [0.29, 0.717) is 6.04 Å². The highest BCUT2D eigenvalue weighted by atomic mass is 15.3. The van der Waals surface area contributed by atoms with Gasteiger partial charge >= 0.3 is 0 Å². The summed E-state index contributed by atoms with van der Waals surface area (Å²) in [4.78, 5) is 0. The van der Waals surface area contributed by atoms with Gasteiger partial charge in [0.15, 0.2) is 0 Å². The Bertz CT molecular complexity index is 597. The van der Waals surface area contributed by atoms with Crippen LogP contribution in [-0.2, 0) is 13.0 Å². The summed E-state index contributed by atoms with van der Waals surface area (Å²) < 4.78 is 2.13. The highest BCUT2D eigenvalue weighted by Crippen LogP contribution is 2.15. The largest absolute Gasteiger partial charge is 0.314 e. The maximum atomic E-state index is 4.72. The molecule has 3 nitrogen and oxygen atoms in total. The zero-order valence-electron chi connectivity index (χ0n) is 13.9. The second kappa shape index (κ2) is 6.90. The third-order valence-electron chi connectivity index (χ3n) is 3.87. The lowest BCUT2D eigenvalue weighted by Crippen LogP contribution is -2.25. The Labute approximate surface area is 128 Å². The van der Waals surface area contributed by atoms with E-state index in [1.54, 1.807) is 0 Å². The van der Waals surface area contributed by atoms with Crippen LogP contribution in [0.4, 0.5) is 0 Å². The molecule has 114 valence electrons. The second-order valence-electron chi connectivity index (χ2n) is 6.15. The van der Waals surface area contributed by atoms with E-state index >= 15 is 0 Å². The van der Waals surface area contributed by atoms with Gasteiger partial charge in [0, 0.05) is 11.7 Å². The molecule has 0 saturated carbocycles. The Kier molecular flexibility index (Phi) is 5.18. The molecule has 0 aliphatic heterocycles. The molecule has 0 unspecified atom stereocenters. The number of aromatic nitrogens is 2. The van der Waals surface area contributed by atoms with Crippen LogP contribution in [0.2, 0.25) is 0 Å². The van der Waals surface area contributed by atoms with Crippen LogP contribution in [0.5, 0.6) is 0 Å². The van der Waals surface area contributed by atoms with Crippen molar-refractivity contribution in [3.05, 3.63) is 52.3 Å². The molecule has 3 heteroatoms. The first-order valence-electron chi connectivity index (χ1n) is 7.79. The minimum Gasteiger partial charge on any atom is -0.314 e. The van der Waals surface area contributed by atoms with Gasteiger partial charge in [-0.25, -0.2) is 0 Å². The van der Waals surface area contributed by atoms with Gasteiger partial charge in [-0.1, -0.05) is 43.7 Å². The van der Waals surface area contributed by atoms with Crippen molar-refractivity contribution in [2.75, 3.05) is 6.54 Å². The fourth-order valence-corrected chi connectivity index (χ4v) is 2.72. The molecule has 2 aromatic rings. The van der Waals surface area contributed by atoms with Crippen LogP contribution in [0, 0.1) is 20.8 Å². The number of rotatable bonds is 6. The molecule has 21 heavy (non-hydrogen) atoms. The summed E-state index contributed by atoms with van der Waals surface area (Å²) in [6.07, 6.45) is 1.05. The van der Waals surface area contributed by atoms with Crippen molar-refractivity contribution in [2.24, 2.45) is 0 Å². The number of nitrogens with one attached hydrogen (secondary N) is 1. The smallest absolute Gasteiger partial charge is 0.0662 e. The van der Waals surface area contributed by atoms with Gasteiger partial charge < -0.3 is 5.32 Å². The maximum absolute atomic E-state index is 4.72. The van der Waals surface area contributed by atoms with Crippen molar-refractivity contribution >= 4 is 0 Å². The molecule has 0 bridgehead atoms. The topological polar surface area (TPSA) is 29.9 Å². The van der Waals surface area contributed by atoms with E-state index in [0.717, 1.165) is 25.2 Å². The normalized spacial score (nSPS) is 11.3. The summed E-state index contributed by atoms with van der Waals surface area (Å²) in [5.41, 5.74) is 6.45.